The summed E-state index contributed by atoms with van der Waals surface area (Å²) in [4.78, 5) is 1.93. The summed E-state index contributed by atoms with van der Waals surface area (Å²) < 4.78 is 27.7. The number of rotatable bonds is 5. The fraction of sp³-hybridized carbons (Fsp3) is 0.200. The number of halogens is 1. The first-order chi connectivity index (χ1) is 9.88. The zero-order valence-electron chi connectivity index (χ0n) is 11.7. The van der Waals surface area contributed by atoms with Crippen molar-refractivity contribution in [3.63, 3.8) is 0 Å². The van der Waals surface area contributed by atoms with Gasteiger partial charge in [0.15, 0.2) is 0 Å². The molecule has 0 saturated heterocycles. The van der Waals surface area contributed by atoms with Crippen molar-refractivity contribution in [2.45, 2.75) is 28.9 Å². The molecule has 0 aliphatic carbocycles. The molecule has 0 unspecified atom stereocenters. The van der Waals surface area contributed by atoms with E-state index in [-0.39, 0.29) is 0 Å². The number of para-hydroxylation sites is 1. The van der Waals surface area contributed by atoms with Crippen LogP contribution in [0.2, 0.25) is 0 Å². The van der Waals surface area contributed by atoms with Crippen LogP contribution in [0, 0.1) is 0 Å². The average Bonchev–Trinajstić information content (AvgIpc) is 2.43. The van der Waals surface area contributed by atoms with Gasteiger partial charge in [0.05, 0.1) is 10.9 Å². The molecule has 0 aliphatic heterocycles. The van der Waals surface area contributed by atoms with E-state index in [2.05, 4.69) is 20.7 Å². The SMILES string of the molecule is CC(C)S(=O)(=O)Nc1ccccc1Sc1ccc(Br)cc1. The molecule has 0 aliphatic rings. The van der Waals surface area contributed by atoms with Crippen LogP contribution in [-0.4, -0.2) is 13.7 Å². The predicted molar refractivity (Wildman–Crippen MR) is 92.4 cm³/mol. The average molecular weight is 386 g/mol. The van der Waals surface area contributed by atoms with E-state index < -0.39 is 15.3 Å². The van der Waals surface area contributed by atoms with E-state index in [9.17, 15) is 8.42 Å². The van der Waals surface area contributed by atoms with Crippen LogP contribution in [-0.2, 0) is 10.0 Å². The fourth-order valence-electron chi connectivity index (χ4n) is 1.54. The van der Waals surface area contributed by atoms with Crippen molar-refractivity contribution in [2.75, 3.05) is 4.72 Å². The molecule has 1 N–H and O–H groups in total. The van der Waals surface area contributed by atoms with Gasteiger partial charge in [-0.2, -0.15) is 0 Å². The minimum Gasteiger partial charge on any atom is -0.282 e. The lowest BCUT2D eigenvalue weighted by atomic mass is 10.3. The van der Waals surface area contributed by atoms with Gasteiger partial charge in [0, 0.05) is 14.3 Å². The number of anilines is 1. The molecule has 2 aromatic rings. The van der Waals surface area contributed by atoms with Crippen LogP contribution < -0.4 is 4.72 Å². The number of hydrogen-bond acceptors (Lipinski definition) is 3. The molecule has 0 fully saturated rings. The number of sulfonamides is 1. The molecule has 0 bridgehead atoms. The highest BCUT2D eigenvalue weighted by Crippen LogP contribution is 2.34. The first-order valence-electron chi connectivity index (χ1n) is 6.42. The summed E-state index contributed by atoms with van der Waals surface area (Å²) in [5, 5.41) is -0.469. The van der Waals surface area contributed by atoms with Crippen LogP contribution in [0.5, 0.6) is 0 Å². The minimum atomic E-state index is -3.34. The lowest BCUT2D eigenvalue weighted by Gasteiger charge is -2.14. The van der Waals surface area contributed by atoms with Gasteiger partial charge in [0.2, 0.25) is 10.0 Å². The lowest BCUT2D eigenvalue weighted by Crippen LogP contribution is -2.22. The summed E-state index contributed by atoms with van der Waals surface area (Å²) in [7, 11) is -3.34. The Balaban J connectivity index is 2.27. The zero-order chi connectivity index (χ0) is 15.5. The van der Waals surface area contributed by atoms with E-state index in [0.29, 0.717) is 5.69 Å². The highest BCUT2D eigenvalue weighted by atomic mass is 79.9. The van der Waals surface area contributed by atoms with Gasteiger partial charge in [-0.1, -0.05) is 39.8 Å². The van der Waals surface area contributed by atoms with Crippen LogP contribution in [0.3, 0.4) is 0 Å². The molecule has 6 heteroatoms. The minimum absolute atomic E-state index is 0.469. The Kier molecular flexibility index (Phi) is 5.35. The molecular weight excluding hydrogens is 370 g/mol. The zero-order valence-corrected chi connectivity index (χ0v) is 14.9. The smallest absolute Gasteiger partial charge is 0.235 e. The van der Waals surface area contributed by atoms with Crippen molar-refractivity contribution < 1.29 is 8.42 Å². The number of benzene rings is 2. The highest BCUT2D eigenvalue weighted by molar-refractivity contribution is 9.10. The van der Waals surface area contributed by atoms with Gasteiger partial charge in [-0.15, -0.1) is 0 Å². The predicted octanol–water partition coefficient (Wildman–Crippen LogP) is 4.75. The Morgan fingerprint density at radius 3 is 2.29 bits per heavy atom. The molecule has 112 valence electrons. The maximum absolute atomic E-state index is 12.0. The topological polar surface area (TPSA) is 46.2 Å². The van der Waals surface area contributed by atoms with Gasteiger partial charge in [-0.3, -0.25) is 4.72 Å². The van der Waals surface area contributed by atoms with Crippen LogP contribution in [0.15, 0.2) is 62.8 Å². The summed E-state index contributed by atoms with van der Waals surface area (Å²) in [5.41, 5.74) is 0.610. The van der Waals surface area contributed by atoms with Gasteiger partial charge in [-0.05, 0) is 50.2 Å². The molecule has 0 spiro atoms. The molecule has 2 rings (SSSR count). The first-order valence-corrected chi connectivity index (χ1v) is 9.58. The Bertz CT molecular complexity index is 713. The normalized spacial score (nSPS) is 11.6. The van der Waals surface area contributed by atoms with Crippen molar-refractivity contribution in [3.8, 4) is 0 Å². The van der Waals surface area contributed by atoms with Gasteiger partial charge in [0.25, 0.3) is 0 Å². The third kappa shape index (κ3) is 4.49. The third-order valence-corrected chi connectivity index (χ3v) is 6.16. The summed E-state index contributed by atoms with van der Waals surface area (Å²) in [6, 6.07) is 15.3. The van der Waals surface area contributed by atoms with Crippen molar-refractivity contribution in [1.82, 2.24) is 0 Å². The van der Waals surface area contributed by atoms with E-state index in [4.69, 9.17) is 0 Å². The molecular formula is C15H16BrNO2S2. The summed E-state index contributed by atoms with van der Waals surface area (Å²) in [5.74, 6) is 0. The van der Waals surface area contributed by atoms with Gasteiger partial charge >= 0.3 is 0 Å². The van der Waals surface area contributed by atoms with Gasteiger partial charge in [0.1, 0.15) is 0 Å². The maximum Gasteiger partial charge on any atom is 0.235 e. The second-order valence-corrected chi connectivity index (χ2v) is 9.02. The Morgan fingerprint density at radius 2 is 1.67 bits per heavy atom. The molecule has 0 atom stereocenters. The third-order valence-electron chi connectivity index (χ3n) is 2.80. The molecule has 0 aromatic heterocycles. The van der Waals surface area contributed by atoms with Crippen LogP contribution in [0.1, 0.15) is 13.8 Å². The quantitative estimate of drug-likeness (QED) is 0.807. The van der Waals surface area contributed by atoms with E-state index in [1.54, 1.807) is 19.9 Å². The summed E-state index contributed by atoms with van der Waals surface area (Å²) >= 11 is 4.93. The van der Waals surface area contributed by atoms with Gasteiger partial charge < -0.3 is 0 Å². The summed E-state index contributed by atoms with van der Waals surface area (Å²) in [6.07, 6.45) is 0. The molecule has 0 radical (unpaired) electrons. The molecule has 2 aromatic carbocycles. The molecule has 3 nitrogen and oxygen atoms in total. The second kappa shape index (κ2) is 6.85. The van der Waals surface area contributed by atoms with E-state index >= 15 is 0 Å². The van der Waals surface area contributed by atoms with Crippen LogP contribution in [0.25, 0.3) is 0 Å². The summed E-state index contributed by atoms with van der Waals surface area (Å²) in [6.45, 7) is 3.32. The van der Waals surface area contributed by atoms with Crippen molar-refractivity contribution >= 4 is 43.4 Å². The molecule has 0 saturated carbocycles. The lowest BCUT2D eigenvalue weighted by molar-refractivity contribution is 0.592. The van der Waals surface area contributed by atoms with Crippen LogP contribution >= 0.6 is 27.7 Å². The highest BCUT2D eigenvalue weighted by Gasteiger charge is 2.17. The van der Waals surface area contributed by atoms with Crippen LogP contribution in [0.4, 0.5) is 5.69 Å². The standard InChI is InChI=1S/C15H16BrNO2S2/c1-11(2)21(18,19)17-14-5-3-4-6-15(14)20-13-9-7-12(16)8-10-13/h3-11,17H,1-2H3. The van der Waals surface area contributed by atoms with Gasteiger partial charge in [-0.25, -0.2) is 8.42 Å². The fourth-order valence-corrected chi connectivity index (χ4v) is 3.49. The Hall–Kier alpha value is -0.980. The Morgan fingerprint density at radius 1 is 1.05 bits per heavy atom. The maximum atomic E-state index is 12.0. The van der Waals surface area contributed by atoms with E-state index in [1.165, 1.54) is 11.8 Å². The first kappa shape index (κ1) is 16.4. The number of hydrogen-bond donors (Lipinski definition) is 1. The Labute approximate surface area is 138 Å². The van der Waals surface area contributed by atoms with E-state index in [1.807, 2.05) is 42.5 Å². The number of nitrogens with one attached hydrogen (secondary N) is 1. The second-order valence-electron chi connectivity index (χ2n) is 4.75. The molecule has 0 amide bonds. The van der Waals surface area contributed by atoms with Crippen molar-refractivity contribution in [1.29, 1.82) is 0 Å². The monoisotopic (exact) mass is 385 g/mol. The largest absolute Gasteiger partial charge is 0.282 e. The van der Waals surface area contributed by atoms with Crippen molar-refractivity contribution in [3.05, 3.63) is 53.0 Å². The van der Waals surface area contributed by atoms with Crippen molar-refractivity contribution in [2.24, 2.45) is 0 Å². The molecule has 0 heterocycles. The molecule has 21 heavy (non-hydrogen) atoms. The van der Waals surface area contributed by atoms with E-state index in [0.717, 1.165) is 14.3 Å².